The van der Waals surface area contributed by atoms with Crippen LogP contribution in [0.5, 0.6) is 11.6 Å². The van der Waals surface area contributed by atoms with Crippen LogP contribution in [0.3, 0.4) is 0 Å². The van der Waals surface area contributed by atoms with E-state index in [1.807, 2.05) is 24.3 Å². The van der Waals surface area contributed by atoms with Crippen LogP contribution < -0.4 is 4.74 Å². The molecule has 4 nitrogen and oxygen atoms in total. The molecule has 0 amide bonds. The number of ether oxygens (including phenoxy) is 1. The number of methoxy groups -OCH3 is 1. The zero-order valence-electron chi connectivity index (χ0n) is 8.64. The highest BCUT2D eigenvalue weighted by Crippen LogP contribution is 2.23. The van der Waals surface area contributed by atoms with Crippen molar-refractivity contribution in [1.82, 2.24) is 9.78 Å². The van der Waals surface area contributed by atoms with Gasteiger partial charge in [0.15, 0.2) is 0 Å². The smallest absolute Gasteiger partial charge is 0.209 e. The Morgan fingerprint density at radius 1 is 1.27 bits per heavy atom. The van der Waals surface area contributed by atoms with E-state index in [4.69, 9.17) is 4.74 Å². The van der Waals surface area contributed by atoms with Crippen LogP contribution in [0.1, 0.15) is 0 Å². The second kappa shape index (κ2) is 3.65. The van der Waals surface area contributed by atoms with Crippen LogP contribution >= 0.6 is 0 Å². The molecule has 0 radical (unpaired) electrons. The lowest BCUT2D eigenvalue weighted by Gasteiger charge is -1.99. The first-order chi connectivity index (χ1) is 7.20. The first-order valence-corrected chi connectivity index (χ1v) is 4.58. The molecule has 1 heterocycles. The number of hydrogen-bond donors (Lipinski definition) is 1. The molecular weight excluding hydrogens is 192 g/mol. The third kappa shape index (κ3) is 1.79. The van der Waals surface area contributed by atoms with Gasteiger partial charge in [-0.2, -0.15) is 5.10 Å². The second-order valence-electron chi connectivity index (χ2n) is 3.24. The van der Waals surface area contributed by atoms with Crippen molar-refractivity contribution >= 4 is 0 Å². The molecule has 0 aliphatic heterocycles. The van der Waals surface area contributed by atoms with Crippen molar-refractivity contribution in [3.05, 3.63) is 30.3 Å². The van der Waals surface area contributed by atoms with Gasteiger partial charge in [-0.25, -0.2) is 4.68 Å². The summed E-state index contributed by atoms with van der Waals surface area (Å²) in [5.41, 5.74) is 1.70. The third-order valence-electron chi connectivity index (χ3n) is 2.24. The summed E-state index contributed by atoms with van der Waals surface area (Å²) in [5, 5.41) is 13.5. The topological polar surface area (TPSA) is 47.3 Å². The van der Waals surface area contributed by atoms with E-state index in [1.54, 1.807) is 20.2 Å². The Morgan fingerprint density at radius 3 is 2.40 bits per heavy atom. The lowest BCUT2D eigenvalue weighted by molar-refractivity contribution is 0.415. The van der Waals surface area contributed by atoms with Crippen molar-refractivity contribution in [3.8, 4) is 22.9 Å². The SMILES string of the molecule is COc1ccc(-c2cc(O)n(C)n2)cc1. The van der Waals surface area contributed by atoms with Crippen LogP contribution in [0.4, 0.5) is 0 Å². The van der Waals surface area contributed by atoms with E-state index in [1.165, 1.54) is 4.68 Å². The molecule has 4 heteroatoms. The van der Waals surface area contributed by atoms with Gasteiger partial charge in [-0.05, 0) is 24.3 Å². The van der Waals surface area contributed by atoms with Crippen molar-refractivity contribution in [3.63, 3.8) is 0 Å². The van der Waals surface area contributed by atoms with Gasteiger partial charge in [-0.3, -0.25) is 0 Å². The third-order valence-corrected chi connectivity index (χ3v) is 2.24. The van der Waals surface area contributed by atoms with Crippen LogP contribution in [0.2, 0.25) is 0 Å². The highest BCUT2D eigenvalue weighted by Gasteiger charge is 2.05. The number of aromatic nitrogens is 2. The highest BCUT2D eigenvalue weighted by atomic mass is 16.5. The predicted molar refractivity (Wildman–Crippen MR) is 56.9 cm³/mol. The fourth-order valence-electron chi connectivity index (χ4n) is 1.36. The summed E-state index contributed by atoms with van der Waals surface area (Å²) in [4.78, 5) is 0. The second-order valence-corrected chi connectivity index (χ2v) is 3.24. The Bertz CT molecular complexity index is 440. The van der Waals surface area contributed by atoms with Gasteiger partial charge in [-0.15, -0.1) is 0 Å². The largest absolute Gasteiger partial charge is 0.497 e. The number of aryl methyl sites for hydroxylation is 1. The monoisotopic (exact) mass is 204 g/mol. The maximum Gasteiger partial charge on any atom is 0.209 e. The van der Waals surface area contributed by atoms with E-state index >= 15 is 0 Å². The van der Waals surface area contributed by atoms with Gasteiger partial charge in [-0.1, -0.05) is 0 Å². The zero-order valence-corrected chi connectivity index (χ0v) is 8.64. The van der Waals surface area contributed by atoms with Crippen LogP contribution in [-0.2, 0) is 7.05 Å². The lowest BCUT2D eigenvalue weighted by atomic mass is 10.1. The molecule has 0 aliphatic rings. The van der Waals surface area contributed by atoms with Gasteiger partial charge in [0.25, 0.3) is 0 Å². The molecule has 2 rings (SSSR count). The molecule has 0 saturated carbocycles. The van der Waals surface area contributed by atoms with E-state index in [2.05, 4.69) is 5.10 Å². The quantitative estimate of drug-likeness (QED) is 0.811. The van der Waals surface area contributed by atoms with Crippen LogP contribution in [0.25, 0.3) is 11.3 Å². The average molecular weight is 204 g/mol. The highest BCUT2D eigenvalue weighted by molar-refractivity contribution is 5.61. The summed E-state index contributed by atoms with van der Waals surface area (Å²) in [6, 6.07) is 9.16. The number of hydrogen-bond acceptors (Lipinski definition) is 3. The van der Waals surface area contributed by atoms with Gasteiger partial charge < -0.3 is 9.84 Å². The molecule has 0 aliphatic carbocycles. The Balaban J connectivity index is 2.37. The van der Waals surface area contributed by atoms with Crippen LogP contribution in [0, 0.1) is 0 Å². The number of aromatic hydroxyl groups is 1. The molecule has 15 heavy (non-hydrogen) atoms. The summed E-state index contributed by atoms with van der Waals surface area (Å²) in [6.07, 6.45) is 0. The molecule has 0 bridgehead atoms. The Kier molecular flexibility index (Phi) is 2.33. The van der Waals surface area contributed by atoms with E-state index in [0.29, 0.717) is 0 Å². The van der Waals surface area contributed by atoms with Crippen molar-refractivity contribution in [2.24, 2.45) is 7.05 Å². The number of rotatable bonds is 2. The predicted octanol–water partition coefficient (Wildman–Crippen LogP) is 1.80. The van der Waals surface area contributed by atoms with E-state index < -0.39 is 0 Å². The fourth-order valence-corrected chi connectivity index (χ4v) is 1.36. The molecule has 0 atom stereocenters. The number of benzene rings is 1. The van der Waals surface area contributed by atoms with Crippen LogP contribution in [0.15, 0.2) is 30.3 Å². The fraction of sp³-hybridized carbons (Fsp3) is 0.182. The van der Waals surface area contributed by atoms with Crippen LogP contribution in [-0.4, -0.2) is 22.0 Å². The van der Waals surface area contributed by atoms with Gasteiger partial charge in [0.2, 0.25) is 5.88 Å². The summed E-state index contributed by atoms with van der Waals surface area (Å²) in [6.45, 7) is 0. The minimum Gasteiger partial charge on any atom is -0.497 e. The summed E-state index contributed by atoms with van der Waals surface area (Å²) >= 11 is 0. The minimum absolute atomic E-state index is 0.154. The summed E-state index contributed by atoms with van der Waals surface area (Å²) in [5.74, 6) is 0.958. The summed E-state index contributed by atoms with van der Waals surface area (Å²) in [7, 11) is 3.32. The van der Waals surface area contributed by atoms with Crippen molar-refractivity contribution in [1.29, 1.82) is 0 Å². The normalized spacial score (nSPS) is 10.3. The molecule has 1 N–H and O–H groups in total. The molecule has 2 aromatic rings. The molecule has 1 aromatic carbocycles. The average Bonchev–Trinajstić information content (AvgIpc) is 2.59. The van der Waals surface area contributed by atoms with E-state index in [-0.39, 0.29) is 5.88 Å². The minimum atomic E-state index is 0.154. The van der Waals surface area contributed by atoms with Crippen molar-refractivity contribution < 1.29 is 9.84 Å². The Hall–Kier alpha value is -1.97. The lowest BCUT2D eigenvalue weighted by Crippen LogP contribution is -1.89. The van der Waals surface area contributed by atoms with E-state index in [0.717, 1.165) is 17.0 Å². The molecule has 0 fully saturated rings. The maximum absolute atomic E-state index is 9.38. The molecule has 0 saturated heterocycles. The van der Waals surface area contributed by atoms with Crippen molar-refractivity contribution in [2.45, 2.75) is 0 Å². The standard InChI is InChI=1S/C11H12N2O2/c1-13-11(14)7-10(12-13)8-3-5-9(15-2)6-4-8/h3-7,14H,1-2H3. The molecule has 78 valence electrons. The first-order valence-electron chi connectivity index (χ1n) is 4.58. The summed E-state index contributed by atoms with van der Waals surface area (Å²) < 4.78 is 6.49. The molecular formula is C11H12N2O2. The maximum atomic E-state index is 9.38. The van der Waals surface area contributed by atoms with Gasteiger partial charge >= 0.3 is 0 Å². The zero-order chi connectivity index (χ0) is 10.8. The molecule has 0 spiro atoms. The Labute approximate surface area is 87.7 Å². The first kappa shape index (κ1) is 9.58. The van der Waals surface area contributed by atoms with Gasteiger partial charge in [0.1, 0.15) is 5.75 Å². The number of nitrogens with zero attached hydrogens (tertiary/aromatic N) is 2. The molecule has 0 unspecified atom stereocenters. The van der Waals surface area contributed by atoms with E-state index in [9.17, 15) is 5.11 Å². The Morgan fingerprint density at radius 2 is 1.93 bits per heavy atom. The van der Waals surface area contributed by atoms with Gasteiger partial charge in [0.05, 0.1) is 12.8 Å². The van der Waals surface area contributed by atoms with Crippen molar-refractivity contribution in [2.75, 3.05) is 7.11 Å². The molecule has 1 aromatic heterocycles. The van der Waals surface area contributed by atoms with Gasteiger partial charge in [0, 0.05) is 18.7 Å².